The molecule has 0 saturated carbocycles. The molecule has 17 heavy (non-hydrogen) atoms. The predicted molar refractivity (Wildman–Crippen MR) is 76.6 cm³/mol. The molecule has 1 atom stereocenters. The molecule has 94 valence electrons. The molecule has 0 aromatic heterocycles. The van der Waals surface area contributed by atoms with Crippen LogP contribution < -0.4 is 10.2 Å². The molecule has 0 radical (unpaired) electrons. The molecule has 1 rings (SSSR count). The number of anilines is 1. The second-order valence-corrected chi connectivity index (χ2v) is 4.28. The van der Waals surface area contributed by atoms with Gasteiger partial charge in [-0.3, -0.25) is 0 Å². The first kappa shape index (κ1) is 13.8. The summed E-state index contributed by atoms with van der Waals surface area (Å²) in [7, 11) is 2.08. The first-order valence-electron chi connectivity index (χ1n) is 6.38. The van der Waals surface area contributed by atoms with Gasteiger partial charge in [-0.05, 0) is 30.7 Å². The highest BCUT2D eigenvalue weighted by Gasteiger charge is 2.07. The van der Waals surface area contributed by atoms with Crippen molar-refractivity contribution >= 4 is 5.69 Å². The molecule has 0 aliphatic carbocycles. The number of rotatable bonds is 7. The van der Waals surface area contributed by atoms with E-state index in [4.69, 9.17) is 0 Å². The summed E-state index contributed by atoms with van der Waals surface area (Å²) in [4.78, 5) is 2.19. The van der Waals surface area contributed by atoms with E-state index in [0.717, 1.165) is 19.5 Å². The van der Waals surface area contributed by atoms with Gasteiger partial charge in [0, 0.05) is 25.3 Å². The first-order chi connectivity index (χ1) is 8.22. The van der Waals surface area contributed by atoms with Crippen molar-refractivity contribution in [2.45, 2.75) is 26.3 Å². The number of hydrogen-bond donors (Lipinski definition) is 1. The molecule has 0 bridgehead atoms. The second kappa shape index (κ2) is 7.13. The molecule has 0 spiro atoms. The molecular formula is C15H24N2. The Morgan fingerprint density at radius 3 is 2.41 bits per heavy atom. The molecule has 0 aliphatic heterocycles. The van der Waals surface area contributed by atoms with Crippen molar-refractivity contribution in [1.82, 2.24) is 5.32 Å². The van der Waals surface area contributed by atoms with Crippen molar-refractivity contribution in [1.29, 1.82) is 0 Å². The van der Waals surface area contributed by atoms with E-state index in [2.05, 4.69) is 62.0 Å². The molecule has 1 unspecified atom stereocenters. The Hall–Kier alpha value is -1.28. The lowest BCUT2D eigenvalue weighted by molar-refractivity contribution is 0.537. The fraction of sp³-hybridized carbons (Fsp3) is 0.467. The van der Waals surface area contributed by atoms with Crippen LogP contribution in [0.4, 0.5) is 5.69 Å². The van der Waals surface area contributed by atoms with Crippen LogP contribution in [0.25, 0.3) is 0 Å². The number of nitrogens with one attached hydrogen (secondary N) is 1. The lowest BCUT2D eigenvalue weighted by Gasteiger charge is -2.20. The van der Waals surface area contributed by atoms with Crippen LogP contribution in [0.15, 0.2) is 36.9 Å². The van der Waals surface area contributed by atoms with Crippen molar-refractivity contribution < 1.29 is 0 Å². The fourth-order valence-electron chi connectivity index (χ4n) is 2.00. The molecule has 1 N–H and O–H groups in total. The molecule has 0 fully saturated rings. The average molecular weight is 232 g/mol. The van der Waals surface area contributed by atoms with E-state index >= 15 is 0 Å². The zero-order valence-corrected chi connectivity index (χ0v) is 11.2. The summed E-state index contributed by atoms with van der Waals surface area (Å²) in [5.74, 6) is 0. The quantitative estimate of drug-likeness (QED) is 0.725. The second-order valence-electron chi connectivity index (χ2n) is 4.28. The van der Waals surface area contributed by atoms with Crippen LogP contribution in [0.2, 0.25) is 0 Å². The van der Waals surface area contributed by atoms with Crippen molar-refractivity contribution in [3.8, 4) is 0 Å². The molecule has 0 amide bonds. The third-order valence-corrected chi connectivity index (χ3v) is 3.00. The lowest BCUT2D eigenvalue weighted by atomic mass is 10.0. The van der Waals surface area contributed by atoms with E-state index in [1.165, 1.54) is 11.3 Å². The summed E-state index contributed by atoms with van der Waals surface area (Å²) in [5.41, 5.74) is 2.60. The molecule has 0 saturated heterocycles. The third kappa shape index (κ3) is 3.90. The van der Waals surface area contributed by atoms with Gasteiger partial charge in [0.05, 0.1) is 0 Å². The molecule has 2 heteroatoms. The number of hydrogen-bond acceptors (Lipinski definition) is 2. The minimum atomic E-state index is 0.471. The van der Waals surface area contributed by atoms with Crippen LogP contribution in [0, 0.1) is 0 Å². The monoisotopic (exact) mass is 232 g/mol. The van der Waals surface area contributed by atoms with E-state index in [1.807, 2.05) is 6.08 Å². The summed E-state index contributed by atoms with van der Waals surface area (Å²) in [5, 5.41) is 3.49. The van der Waals surface area contributed by atoms with Gasteiger partial charge in [0.2, 0.25) is 0 Å². The van der Waals surface area contributed by atoms with Crippen LogP contribution in [-0.4, -0.2) is 20.1 Å². The van der Waals surface area contributed by atoms with Crippen LogP contribution in [0.5, 0.6) is 0 Å². The Labute approximate surface area is 105 Å². The van der Waals surface area contributed by atoms with Gasteiger partial charge in [0.1, 0.15) is 0 Å². The topological polar surface area (TPSA) is 15.3 Å². The van der Waals surface area contributed by atoms with Gasteiger partial charge in [-0.2, -0.15) is 0 Å². The average Bonchev–Trinajstić information content (AvgIpc) is 2.36. The SMILES string of the molecule is C=CCN(C)c1ccc(C(CC)NCC)cc1. The Kier molecular flexibility index (Phi) is 5.78. The van der Waals surface area contributed by atoms with Gasteiger partial charge in [-0.25, -0.2) is 0 Å². The van der Waals surface area contributed by atoms with Gasteiger partial charge in [0.25, 0.3) is 0 Å². The molecule has 1 aromatic carbocycles. The first-order valence-corrected chi connectivity index (χ1v) is 6.38. The molecular weight excluding hydrogens is 208 g/mol. The summed E-state index contributed by atoms with van der Waals surface area (Å²) in [6.45, 7) is 10.0. The Bertz CT molecular complexity index is 329. The Morgan fingerprint density at radius 2 is 1.94 bits per heavy atom. The maximum absolute atomic E-state index is 3.76. The van der Waals surface area contributed by atoms with Crippen molar-refractivity contribution in [3.05, 3.63) is 42.5 Å². The molecule has 0 heterocycles. The Balaban J connectivity index is 2.75. The predicted octanol–water partition coefficient (Wildman–Crippen LogP) is 3.37. The minimum Gasteiger partial charge on any atom is -0.371 e. The highest BCUT2D eigenvalue weighted by Crippen LogP contribution is 2.20. The summed E-state index contributed by atoms with van der Waals surface area (Å²) < 4.78 is 0. The summed E-state index contributed by atoms with van der Waals surface area (Å²) in [6.07, 6.45) is 3.04. The van der Waals surface area contributed by atoms with E-state index in [9.17, 15) is 0 Å². The lowest BCUT2D eigenvalue weighted by Crippen LogP contribution is -2.20. The smallest absolute Gasteiger partial charge is 0.0366 e. The minimum absolute atomic E-state index is 0.471. The van der Waals surface area contributed by atoms with Crippen molar-refractivity contribution in [2.24, 2.45) is 0 Å². The Morgan fingerprint density at radius 1 is 1.29 bits per heavy atom. The number of likely N-dealkylation sites (N-methyl/N-ethyl adjacent to an activating group) is 1. The molecule has 2 nitrogen and oxygen atoms in total. The summed E-state index contributed by atoms with van der Waals surface area (Å²) >= 11 is 0. The number of nitrogens with zero attached hydrogens (tertiary/aromatic N) is 1. The van der Waals surface area contributed by atoms with Crippen molar-refractivity contribution in [3.63, 3.8) is 0 Å². The van der Waals surface area contributed by atoms with Gasteiger partial charge < -0.3 is 10.2 Å². The highest BCUT2D eigenvalue weighted by molar-refractivity contribution is 5.47. The normalized spacial score (nSPS) is 12.2. The molecule has 0 aliphatic rings. The van der Waals surface area contributed by atoms with E-state index < -0.39 is 0 Å². The largest absolute Gasteiger partial charge is 0.371 e. The maximum atomic E-state index is 3.76. The van der Waals surface area contributed by atoms with E-state index in [0.29, 0.717) is 6.04 Å². The zero-order valence-electron chi connectivity index (χ0n) is 11.2. The van der Waals surface area contributed by atoms with Gasteiger partial charge in [-0.1, -0.05) is 32.1 Å². The van der Waals surface area contributed by atoms with Crippen LogP contribution in [-0.2, 0) is 0 Å². The zero-order chi connectivity index (χ0) is 12.7. The van der Waals surface area contributed by atoms with E-state index in [-0.39, 0.29) is 0 Å². The molecule has 1 aromatic rings. The van der Waals surface area contributed by atoms with Gasteiger partial charge in [-0.15, -0.1) is 6.58 Å². The van der Waals surface area contributed by atoms with E-state index in [1.54, 1.807) is 0 Å². The fourth-order valence-corrected chi connectivity index (χ4v) is 2.00. The van der Waals surface area contributed by atoms with Crippen LogP contribution in [0.3, 0.4) is 0 Å². The van der Waals surface area contributed by atoms with Crippen LogP contribution in [0.1, 0.15) is 31.9 Å². The maximum Gasteiger partial charge on any atom is 0.0366 e. The van der Waals surface area contributed by atoms with Gasteiger partial charge in [0.15, 0.2) is 0 Å². The van der Waals surface area contributed by atoms with Crippen LogP contribution >= 0.6 is 0 Å². The van der Waals surface area contributed by atoms with Gasteiger partial charge >= 0.3 is 0 Å². The summed E-state index contributed by atoms with van der Waals surface area (Å²) in [6, 6.07) is 9.26. The third-order valence-electron chi connectivity index (χ3n) is 3.00. The highest BCUT2D eigenvalue weighted by atomic mass is 15.1. The van der Waals surface area contributed by atoms with Crippen molar-refractivity contribution in [2.75, 3.05) is 25.0 Å². The number of benzene rings is 1. The standard InChI is InChI=1S/C15H24N2/c1-5-12-17(4)14-10-8-13(9-11-14)15(6-2)16-7-3/h5,8-11,15-16H,1,6-7,12H2,2-4H3.